The van der Waals surface area contributed by atoms with E-state index in [2.05, 4.69) is 40.5 Å². The first-order valence-corrected chi connectivity index (χ1v) is 18.9. The van der Waals surface area contributed by atoms with Crippen molar-refractivity contribution in [3.05, 3.63) is 82.6 Å². The third kappa shape index (κ3) is 8.88. The van der Waals surface area contributed by atoms with Crippen molar-refractivity contribution in [1.82, 2.24) is 48.5 Å². The van der Waals surface area contributed by atoms with Crippen molar-refractivity contribution >= 4 is 57.7 Å². The lowest BCUT2D eigenvalue weighted by Gasteiger charge is -2.26. The number of imidazole rings is 2. The summed E-state index contributed by atoms with van der Waals surface area (Å²) in [4.78, 5) is 66.1. The molecular formula is C40H48N14O6. The fourth-order valence-corrected chi connectivity index (χ4v) is 6.53. The molecule has 1 aromatic carbocycles. The molecule has 60 heavy (non-hydrogen) atoms. The summed E-state index contributed by atoms with van der Waals surface area (Å²) >= 11 is 0. The van der Waals surface area contributed by atoms with E-state index >= 15 is 0 Å². The number of aryl methyl sites for hydroxylation is 4. The highest BCUT2D eigenvalue weighted by atomic mass is 16.5. The van der Waals surface area contributed by atoms with Crippen LogP contribution in [0.15, 0.2) is 48.7 Å². The standard InChI is InChI=1S/C40H48N14O6/c1-5-53-30(18-24(3)48-53)37(57)46-39-44-28-20-26(34(41)55)22-32(60-15-9-10-50-13-16-59-17-14-50)33(28)51(39)11-7-8-12-52-36-29(21-27(23-43-36)35(42)56)45-40(52)47-38(58)31-19-25(4)49-54(31)6-2/h7-8,18-23H,5-6,9-17H2,1-4H3,(H2,41,55)(H2,42,56)(H,44,46,57)(H,45,47,58)/b8-7+/i13D2,14D2,16D2,17D2. The Labute approximate surface area is 355 Å². The summed E-state index contributed by atoms with van der Waals surface area (Å²) in [5.74, 6) is -2.52. The summed E-state index contributed by atoms with van der Waals surface area (Å²) in [6, 6.07) is 7.42. The summed E-state index contributed by atoms with van der Waals surface area (Å²) in [6.07, 6.45) is 4.53. The topological polar surface area (TPSA) is 250 Å². The van der Waals surface area contributed by atoms with Crippen molar-refractivity contribution in [1.29, 1.82) is 0 Å². The van der Waals surface area contributed by atoms with E-state index in [4.69, 9.17) is 27.2 Å². The number of pyridine rings is 1. The van der Waals surface area contributed by atoms with Gasteiger partial charge in [0.15, 0.2) is 5.65 Å². The molecule has 0 spiro atoms. The minimum Gasteiger partial charge on any atom is -0.491 e. The van der Waals surface area contributed by atoms with Crippen molar-refractivity contribution < 1.29 is 39.6 Å². The van der Waals surface area contributed by atoms with Crippen molar-refractivity contribution in [2.75, 3.05) is 49.9 Å². The van der Waals surface area contributed by atoms with Gasteiger partial charge in [0, 0.05) is 63.0 Å². The maximum Gasteiger partial charge on any atom is 0.276 e. The number of amides is 4. The van der Waals surface area contributed by atoms with Crippen LogP contribution in [-0.4, -0.2) is 111 Å². The van der Waals surface area contributed by atoms with E-state index in [0.717, 1.165) is 0 Å². The Morgan fingerprint density at radius 2 is 1.38 bits per heavy atom. The van der Waals surface area contributed by atoms with E-state index < -0.39 is 56.3 Å². The monoisotopic (exact) mass is 828 g/mol. The van der Waals surface area contributed by atoms with Crippen LogP contribution in [0.1, 0.15) is 84.3 Å². The van der Waals surface area contributed by atoms with Gasteiger partial charge in [-0.2, -0.15) is 10.2 Å². The number of rotatable bonds is 17. The molecule has 1 aliphatic rings. The summed E-state index contributed by atoms with van der Waals surface area (Å²) in [5, 5.41) is 14.4. The number of nitrogens with zero attached hydrogens (tertiary/aromatic N) is 10. The Morgan fingerprint density at radius 3 is 1.98 bits per heavy atom. The molecule has 0 unspecified atom stereocenters. The van der Waals surface area contributed by atoms with Crippen LogP contribution in [0.5, 0.6) is 5.75 Å². The van der Waals surface area contributed by atoms with Crippen LogP contribution in [-0.2, 0) is 30.9 Å². The van der Waals surface area contributed by atoms with Gasteiger partial charge in [0.2, 0.25) is 23.7 Å². The number of nitrogens with one attached hydrogen (secondary N) is 2. The zero-order valence-electron chi connectivity index (χ0n) is 41.1. The summed E-state index contributed by atoms with van der Waals surface area (Å²) < 4.78 is 82.5. The summed E-state index contributed by atoms with van der Waals surface area (Å²) in [6.45, 7) is -5.53. The Balaban J connectivity index is 1.24. The van der Waals surface area contributed by atoms with E-state index in [0.29, 0.717) is 35.0 Å². The zero-order valence-corrected chi connectivity index (χ0v) is 33.1. The maximum atomic E-state index is 13.8. The quantitative estimate of drug-likeness (QED) is 0.0766. The minimum absolute atomic E-state index is 0.00584. The molecule has 6 aromatic rings. The molecule has 6 heterocycles. The van der Waals surface area contributed by atoms with Gasteiger partial charge in [0.1, 0.15) is 28.2 Å². The normalized spacial score (nSPS) is 18.7. The number of aromatic nitrogens is 9. The number of morpholine rings is 1. The molecule has 0 bridgehead atoms. The zero-order chi connectivity index (χ0) is 49.7. The van der Waals surface area contributed by atoms with Crippen molar-refractivity contribution in [3.63, 3.8) is 0 Å². The molecule has 4 amide bonds. The first-order chi connectivity index (χ1) is 31.9. The second kappa shape index (κ2) is 17.9. The second-order valence-corrected chi connectivity index (χ2v) is 13.5. The third-order valence-corrected chi connectivity index (χ3v) is 9.27. The van der Waals surface area contributed by atoms with Gasteiger partial charge in [0.05, 0.1) is 47.7 Å². The Kier molecular flexibility index (Phi) is 9.55. The van der Waals surface area contributed by atoms with Crippen molar-refractivity contribution in [2.24, 2.45) is 11.5 Å². The highest BCUT2D eigenvalue weighted by Gasteiger charge is 2.23. The van der Waals surface area contributed by atoms with Gasteiger partial charge in [-0.1, -0.05) is 12.2 Å². The van der Waals surface area contributed by atoms with Crippen LogP contribution in [0.3, 0.4) is 0 Å². The molecule has 1 saturated heterocycles. The fourth-order valence-electron chi connectivity index (χ4n) is 6.53. The van der Waals surface area contributed by atoms with Crippen LogP contribution < -0.4 is 26.8 Å². The third-order valence-electron chi connectivity index (χ3n) is 9.27. The number of ether oxygens (including phenoxy) is 2. The number of hydrogen-bond donors (Lipinski definition) is 4. The predicted octanol–water partition coefficient (Wildman–Crippen LogP) is 2.89. The molecule has 0 aliphatic carbocycles. The summed E-state index contributed by atoms with van der Waals surface area (Å²) in [5.41, 5.74) is 14.0. The van der Waals surface area contributed by atoms with E-state index in [1.54, 1.807) is 51.9 Å². The first kappa shape index (κ1) is 32.0. The fraction of sp³-hybridized carbons (Fsp3) is 0.375. The molecule has 7 rings (SSSR count). The summed E-state index contributed by atoms with van der Waals surface area (Å²) in [7, 11) is 0. The number of carbonyl (C=O) groups is 4. The molecule has 1 aliphatic heterocycles. The SMILES string of the molecule is [2H]C1([2H])OC([2H])([2H])C([2H])([2H])N(CCCOc2cc(C(N)=O)cc3nc(NC(=O)c4cc(C)nn4CC)n(C/C=C/Cn4c(NC(=O)c5cc(C)nn5CC)nc5cc(C(N)=O)cnc54)c23)C1([2H])[2H]. The van der Waals surface area contributed by atoms with Gasteiger partial charge in [-0.05, 0) is 64.4 Å². The minimum atomic E-state index is -3.23. The molecule has 1 fully saturated rings. The van der Waals surface area contributed by atoms with Crippen LogP contribution in [0.25, 0.3) is 22.2 Å². The predicted molar refractivity (Wildman–Crippen MR) is 222 cm³/mol. The molecule has 20 heteroatoms. The largest absolute Gasteiger partial charge is 0.491 e. The van der Waals surface area contributed by atoms with E-state index in [-0.39, 0.29) is 82.8 Å². The van der Waals surface area contributed by atoms with Gasteiger partial charge >= 0.3 is 0 Å². The molecule has 0 radical (unpaired) electrons. The molecule has 5 aromatic heterocycles. The van der Waals surface area contributed by atoms with Gasteiger partial charge in [-0.3, -0.25) is 48.6 Å². The van der Waals surface area contributed by atoms with Crippen LogP contribution in [0, 0.1) is 13.8 Å². The maximum absolute atomic E-state index is 13.8. The van der Waals surface area contributed by atoms with Crippen LogP contribution in [0.2, 0.25) is 0 Å². The van der Waals surface area contributed by atoms with Crippen molar-refractivity contribution in [2.45, 2.75) is 60.3 Å². The Bertz CT molecular complexity index is 2970. The number of allylic oxidation sites excluding steroid dienone is 2. The molecule has 0 atom stereocenters. The number of anilines is 2. The van der Waals surface area contributed by atoms with Crippen LogP contribution in [0.4, 0.5) is 11.9 Å². The lowest BCUT2D eigenvalue weighted by molar-refractivity contribution is 0.0358. The molecular weight excluding hydrogens is 773 g/mol. The first-order valence-electron chi connectivity index (χ1n) is 22.9. The van der Waals surface area contributed by atoms with Gasteiger partial charge < -0.3 is 25.5 Å². The average molecular weight is 829 g/mol. The Hall–Kier alpha value is -6.93. The second-order valence-electron chi connectivity index (χ2n) is 13.5. The van der Waals surface area contributed by atoms with Gasteiger partial charge in [-0.15, -0.1) is 0 Å². The average Bonchev–Trinajstić information content (AvgIpc) is 4.02. The number of fused-ring (bicyclic) bond motifs is 2. The van der Waals surface area contributed by atoms with Gasteiger partial charge in [-0.25, -0.2) is 15.0 Å². The molecule has 314 valence electrons. The smallest absolute Gasteiger partial charge is 0.276 e. The van der Waals surface area contributed by atoms with E-state index in [9.17, 15) is 19.2 Å². The number of benzene rings is 1. The van der Waals surface area contributed by atoms with Crippen molar-refractivity contribution in [3.8, 4) is 5.75 Å². The van der Waals surface area contributed by atoms with E-state index in [1.807, 2.05) is 13.8 Å². The molecule has 20 nitrogen and oxygen atoms in total. The molecule has 6 N–H and O–H groups in total. The van der Waals surface area contributed by atoms with Gasteiger partial charge in [0.25, 0.3) is 11.8 Å². The highest BCUT2D eigenvalue weighted by molar-refractivity contribution is 6.05. The van der Waals surface area contributed by atoms with Crippen LogP contribution >= 0.6 is 0 Å². The van der Waals surface area contributed by atoms with E-state index in [1.165, 1.54) is 29.1 Å². The highest BCUT2D eigenvalue weighted by Crippen LogP contribution is 2.32. The number of nitrogens with two attached hydrogens (primary N) is 2. The number of carbonyl (C=O) groups excluding carboxylic acids is 4. The number of hydrogen-bond acceptors (Lipinski definition) is 12. The lowest BCUT2D eigenvalue weighted by Crippen LogP contribution is -2.37. The lowest BCUT2D eigenvalue weighted by atomic mass is 10.1. The number of primary amides is 2. The Morgan fingerprint density at radius 1 is 0.817 bits per heavy atom. The molecule has 0 saturated carbocycles.